The van der Waals surface area contributed by atoms with Gasteiger partial charge < -0.3 is 19.1 Å². The van der Waals surface area contributed by atoms with Crippen molar-refractivity contribution in [3.63, 3.8) is 0 Å². The van der Waals surface area contributed by atoms with Gasteiger partial charge in [-0.15, -0.1) is 0 Å². The highest BCUT2D eigenvalue weighted by Gasteiger charge is 2.22. The van der Waals surface area contributed by atoms with Crippen LogP contribution in [0, 0.1) is 0 Å². The lowest BCUT2D eigenvalue weighted by molar-refractivity contribution is -0.142. The molecule has 0 atom stereocenters. The monoisotopic (exact) mass is 581 g/mol. The number of unbranched alkanes of at least 4 members (excludes halogenated alkanes) is 3. The van der Waals surface area contributed by atoms with Gasteiger partial charge in [0.05, 0.1) is 13.1 Å². The molecule has 0 spiro atoms. The number of halogens is 1. The molecule has 0 N–H and O–H groups in total. The molecule has 38 heavy (non-hydrogen) atoms. The van der Waals surface area contributed by atoms with E-state index in [1.807, 2.05) is 53.4 Å². The lowest BCUT2D eigenvalue weighted by Gasteiger charge is -2.28. The molecular formula is C31H40BrN3O3. The van der Waals surface area contributed by atoms with E-state index < -0.39 is 0 Å². The Bertz CT molecular complexity index is 1110. The Morgan fingerprint density at radius 1 is 0.816 bits per heavy atom. The summed E-state index contributed by atoms with van der Waals surface area (Å²) in [5.74, 6) is 0.462. The number of amides is 2. The number of para-hydroxylation sites is 1. The summed E-state index contributed by atoms with van der Waals surface area (Å²) < 4.78 is 8.95. The number of ether oxygens (including phenoxy) is 1. The maximum absolute atomic E-state index is 13.6. The van der Waals surface area contributed by atoms with Crippen LogP contribution in [0.4, 0.5) is 0 Å². The molecule has 7 heteroatoms. The average Bonchev–Trinajstić information content (AvgIpc) is 3.37. The van der Waals surface area contributed by atoms with Gasteiger partial charge in [-0.05, 0) is 54.8 Å². The third-order valence-corrected chi connectivity index (χ3v) is 7.02. The highest BCUT2D eigenvalue weighted by Crippen LogP contribution is 2.15. The van der Waals surface area contributed by atoms with Gasteiger partial charge in [-0.25, -0.2) is 0 Å². The van der Waals surface area contributed by atoms with Crippen molar-refractivity contribution in [2.45, 2.75) is 59.0 Å². The molecule has 3 aromatic rings. The van der Waals surface area contributed by atoms with Crippen LogP contribution >= 0.6 is 15.9 Å². The van der Waals surface area contributed by atoms with Crippen LogP contribution in [0.1, 0.15) is 57.2 Å². The van der Waals surface area contributed by atoms with Gasteiger partial charge in [0.25, 0.3) is 5.91 Å². The van der Waals surface area contributed by atoms with E-state index in [0.29, 0.717) is 25.4 Å². The molecule has 0 aliphatic rings. The molecule has 2 amide bonds. The quantitative estimate of drug-likeness (QED) is 0.181. The first kappa shape index (κ1) is 29.5. The molecule has 204 valence electrons. The third-order valence-electron chi connectivity index (χ3n) is 6.49. The molecule has 6 nitrogen and oxygen atoms in total. The highest BCUT2D eigenvalue weighted by atomic mass is 79.9. The van der Waals surface area contributed by atoms with Crippen LogP contribution in [0.3, 0.4) is 0 Å². The molecule has 0 radical (unpaired) electrons. The number of benzene rings is 2. The van der Waals surface area contributed by atoms with Crippen molar-refractivity contribution in [3.05, 3.63) is 88.7 Å². The predicted octanol–water partition coefficient (Wildman–Crippen LogP) is 6.53. The van der Waals surface area contributed by atoms with Crippen LogP contribution in [0.5, 0.6) is 5.75 Å². The molecule has 1 heterocycles. The lowest BCUT2D eigenvalue weighted by atomic mass is 10.2. The van der Waals surface area contributed by atoms with Crippen LogP contribution in [0.15, 0.2) is 77.4 Å². The van der Waals surface area contributed by atoms with Crippen molar-refractivity contribution in [2.75, 3.05) is 26.2 Å². The van der Waals surface area contributed by atoms with Gasteiger partial charge in [0.2, 0.25) is 5.91 Å². The smallest absolute Gasteiger partial charge is 0.260 e. The zero-order chi connectivity index (χ0) is 27.2. The third kappa shape index (κ3) is 9.67. The highest BCUT2D eigenvalue weighted by molar-refractivity contribution is 9.10. The number of hydrogen-bond donors (Lipinski definition) is 0. The normalized spacial score (nSPS) is 10.8. The summed E-state index contributed by atoms with van der Waals surface area (Å²) in [6, 6.07) is 21.7. The SMILES string of the molecule is CCCCCN(CC(=O)N(CCCC)Cc1cccn1Cc1ccc(Br)cc1)C(=O)COc1ccccc1. The van der Waals surface area contributed by atoms with E-state index in [4.69, 9.17) is 4.74 Å². The Morgan fingerprint density at radius 3 is 2.24 bits per heavy atom. The fourth-order valence-electron chi connectivity index (χ4n) is 4.23. The van der Waals surface area contributed by atoms with Crippen LogP contribution < -0.4 is 4.74 Å². The van der Waals surface area contributed by atoms with Crippen molar-refractivity contribution < 1.29 is 14.3 Å². The minimum Gasteiger partial charge on any atom is -0.484 e. The lowest BCUT2D eigenvalue weighted by Crippen LogP contribution is -2.45. The number of carbonyl (C=O) groups excluding carboxylic acids is 2. The molecule has 0 aliphatic heterocycles. The minimum atomic E-state index is -0.160. The van der Waals surface area contributed by atoms with E-state index in [1.54, 1.807) is 4.90 Å². The van der Waals surface area contributed by atoms with Gasteiger partial charge in [0.1, 0.15) is 5.75 Å². The summed E-state index contributed by atoms with van der Waals surface area (Å²) in [6.07, 6.45) is 6.90. The second-order valence-electron chi connectivity index (χ2n) is 9.55. The Hall–Kier alpha value is -3.06. The standard InChI is InChI=1S/C31H40BrN3O3/c1-3-5-10-20-35(31(37)25-38-29-13-8-7-9-14-29)24-30(36)34(19-6-4-2)23-28-12-11-21-33(28)22-26-15-17-27(32)18-16-26/h7-9,11-18,21H,3-6,10,19-20,22-25H2,1-2H3. The number of aromatic nitrogens is 1. The fourth-order valence-corrected chi connectivity index (χ4v) is 4.50. The van der Waals surface area contributed by atoms with Gasteiger partial charge in [-0.2, -0.15) is 0 Å². The van der Waals surface area contributed by atoms with Crippen molar-refractivity contribution in [1.29, 1.82) is 0 Å². The van der Waals surface area contributed by atoms with Gasteiger partial charge in [0.15, 0.2) is 6.61 Å². The number of nitrogens with zero attached hydrogens (tertiary/aromatic N) is 3. The average molecular weight is 583 g/mol. The van der Waals surface area contributed by atoms with Crippen molar-refractivity contribution in [1.82, 2.24) is 14.4 Å². The maximum Gasteiger partial charge on any atom is 0.260 e. The molecule has 0 aliphatic carbocycles. The number of carbonyl (C=O) groups is 2. The molecule has 0 bridgehead atoms. The molecule has 0 saturated carbocycles. The molecule has 3 rings (SSSR count). The second kappa shape index (κ2) is 16.0. The molecule has 0 saturated heterocycles. The first-order valence-electron chi connectivity index (χ1n) is 13.6. The van der Waals surface area contributed by atoms with Gasteiger partial charge in [-0.1, -0.05) is 79.4 Å². The van der Waals surface area contributed by atoms with E-state index in [-0.39, 0.29) is 25.0 Å². The number of rotatable bonds is 16. The van der Waals surface area contributed by atoms with Gasteiger partial charge in [-0.3, -0.25) is 9.59 Å². The Morgan fingerprint density at radius 2 is 1.53 bits per heavy atom. The number of hydrogen-bond acceptors (Lipinski definition) is 3. The summed E-state index contributed by atoms with van der Waals surface area (Å²) in [7, 11) is 0. The van der Waals surface area contributed by atoms with E-state index >= 15 is 0 Å². The topological polar surface area (TPSA) is 54.8 Å². The summed E-state index contributed by atoms with van der Waals surface area (Å²) in [6.45, 7) is 6.72. The molecule has 1 aromatic heterocycles. The van der Waals surface area contributed by atoms with Gasteiger partial charge in [0, 0.05) is 36.0 Å². The Kier molecular flexibility index (Phi) is 12.4. The van der Waals surface area contributed by atoms with Crippen molar-refractivity contribution in [3.8, 4) is 5.75 Å². The summed E-state index contributed by atoms with van der Waals surface area (Å²) in [4.78, 5) is 30.3. The van der Waals surface area contributed by atoms with Crippen molar-refractivity contribution >= 4 is 27.7 Å². The summed E-state index contributed by atoms with van der Waals surface area (Å²) >= 11 is 3.49. The molecule has 0 unspecified atom stereocenters. The first-order valence-corrected chi connectivity index (χ1v) is 14.4. The summed E-state index contributed by atoms with van der Waals surface area (Å²) in [5.41, 5.74) is 2.27. The second-order valence-corrected chi connectivity index (χ2v) is 10.5. The molecular weight excluding hydrogens is 542 g/mol. The largest absolute Gasteiger partial charge is 0.484 e. The Labute approximate surface area is 235 Å². The zero-order valence-corrected chi connectivity index (χ0v) is 24.2. The van der Waals surface area contributed by atoms with E-state index in [0.717, 1.165) is 48.8 Å². The zero-order valence-electron chi connectivity index (χ0n) is 22.7. The van der Waals surface area contributed by atoms with Crippen LogP contribution in [0.2, 0.25) is 0 Å². The van der Waals surface area contributed by atoms with E-state index in [9.17, 15) is 9.59 Å². The molecule has 2 aromatic carbocycles. The van der Waals surface area contributed by atoms with Gasteiger partial charge >= 0.3 is 0 Å². The van der Waals surface area contributed by atoms with Crippen LogP contribution in [0.25, 0.3) is 0 Å². The van der Waals surface area contributed by atoms with Crippen molar-refractivity contribution in [2.24, 2.45) is 0 Å². The van der Waals surface area contributed by atoms with Crippen LogP contribution in [-0.4, -0.2) is 52.4 Å². The van der Waals surface area contributed by atoms with Crippen LogP contribution in [-0.2, 0) is 22.7 Å². The van der Waals surface area contributed by atoms with E-state index in [2.05, 4.69) is 58.7 Å². The predicted molar refractivity (Wildman–Crippen MR) is 156 cm³/mol. The van der Waals surface area contributed by atoms with E-state index in [1.165, 1.54) is 5.56 Å². The first-order chi connectivity index (χ1) is 18.5. The molecule has 0 fully saturated rings. The minimum absolute atomic E-state index is 0.0283. The fraction of sp³-hybridized carbons (Fsp3) is 0.419. The maximum atomic E-state index is 13.6. The Balaban J connectivity index is 1.68. The summed E-state index contributed by atoms with van der Waals surface area (Å²) in [5, 5.41) is 0.